The van der Waals surface area contributed by atoms with Gasteiger partial charge < -0.3 is 5.11 Å². The van der Waals surface area contributed by atoms with Crippen LogP contribution in [0, 0.1) is 5.82 Å². The van der Waals surface area contributed by atoms with Gasteiger partial charge in [0.15, 0.2) is 0 Å². The molecule has 0 aliphatic rings. The number of benzene rings is 1. The lowest BCUT2D eigenvalue weighted by Crippen LogP contribution is -2.02. The number of aliphatic hydroxyl groups is 1. The summed E-state index contributed by atoms with van der Waals surface area (Å²) in [7, 11) is 0. The average molecular weight is 312 g/mol. The third kappa shape index (κ3) is 4.04. The minimum absolute atomic E-state index is 0.0401. The van der Waals surface area contributed by atoms with Gasteiger partial charge in [0.25, 0.3) is 0 Å². The Labute approximate surface area is 110 Å². The van der Waals surface area contributed by atoms with Crippen LogP contribution in [0.15, 0.2) is 16.6 Å². The van der Waals surface area contributed by atoms with E-state index < -0.39 is 11.9 Å². The topological polar surface area (TPSA) is 20.2 Å². The van der Waals surface area contributed by atoms with E-state index >= 15 is 0 Å². The van der Waals surface area contributed by atoms with Gasteiger partial charge in [0.2, 0.25) is 0 Å². The molecule has 1 aromatic rings. The summed E-state index contributed by atoms with van der Waals surface area (Å²) in [5, 5.41) is 9.72. The van der Waals surface area contributed by atoms with E-state index in [0.29, 0.717) is 10.9 Å². The van der Waals surface area contributed by atoms with Crippen LogP contribution in [0.1, 0.15) is 45.3 Å². The largest absolute Gasteiger partial charge is 0.388 e. The molecule has 0 fully saturated rings. The molecule has 0 aliphatic carbocycles. The van der Waals surface area contributed by atoms with Crippen molar-refractivity contribution in [3.05, 3.63) is 33.0 Å². The second kappa shape index (κ2) is 8.04. The van der Waals surface area contributed by atoms with Crippen LogP contribution < -0.4 is 0 Å². The Morgan fingerprint density at radius 2 is 2.00 bits per heavy atom. The molecule has 92 valence electrons. The van der Waals surface area contributed by atoms with Crippen LogP contribution in [-0.2, 0) is 0 Å². The van der Waals surface area contributed by atoms with Crippen molar-refractivity contribution in [3.8, 4) is 0 Å². The maximum Gasteiger partial charge on any atom is 0.148 e. The molecule has 0 heterocycles. The quantitative estimate of drug-likeness (QED) is 0.770. The van der Waals surface area contributed by atoms with Crippen LogP contribution in [-0.4, -0.2) is 5.11 Å². The molecule has 16 heavy (non-hydrogen) atoms. The zero-order valence-electron chi connectivity index (χ0n) is 9.73. The van der Waals surface area contributed by atoms with Gasteiger partial charge in [-0.15, -0.1) is 0 Å². The van der Waals surface area contributed by atoms with E-state index in [4.69, 9.17) is 11.6 Å². The molecule has 0 saturated heterocycles. The van der Waals surface area contributed by atoms with Crippen LogP contribution in [0.3, 0.4) is 0 Å². The summed E-state index contributed by atoms with van der Waals surface area (Å²) in [6, 6.07) is 3.10. The number of halogens is 3. The molecule has 0 spiro atoms. The summed E-state index contributed by atoms with van der Waals surface area (Å²) in [5.74, 6) is -0.540. The van der Waals surface area contributed by atoms with Gasteiger partial charge in [0.1, 0.15) is 5.82 Å². The lowest BCUT2D eigenvalue weighted by atomic mass is 10.0. The summed E-state index contributed by atoms with van der Waals surface area (Å²) in [6.07, 6.45) is 0.517. The maximum atomic E-state index is 13.5. The Hall–Kier alpha value is -0.120. The van der Waals surface area contributed by atoms with E-state index in [1.54, 1.807) is 6.07 Å². The fourth-order valence-corrected chi connectivity index (χ4v) is 2.00. The first-order valence-corrected chi connectivity index (χ1v) is 6.56. The van der Waals surface area contributed by atoms with Gasteiger partial charge in [-0.25, -0.2) is 4.39 Å². The molecule has 0 saturated carbocycles. The molecule has 1 N–H and O–H groups in total. The van der Waals surface area contributed by atoms with Crippen molar-refractivity contribution in [1.29, 1.82) is 0 Å². The van der Waals surface area contributed by atoms with Crippen LogP contribution >= 0.6 is 27.5 Å². The predicted molar refractivity (Wildman–Crippen MR) is 70.3 cm³/mol. The zero-order valence-corrected chi connectivity index (χ0v) is 12.1. The van der Waals surface area contributed by atoms with E-state index in [-0.39, 0.29) is 10.6 Å². The van der Waals surface area contributed by atoms with Gasteiger partial charge in [-0.1, -0.05) is 54.7 Å². The molecule has 0 aromatic heterocycles. The van der Waals surface area contributed by atoms with Crippen LogP contribution in [0.5, 0.6) is 0 Å². The van der Waals surface area contributed by atoms with Gasteiger partial charge in [0, 0.05) is 10.0 Å². The number of aliphatic hydroxyl groups excluding tert-OH is 1. The highest BCUT2D eigenvalue weighted by Gasteiger charge is 2.17. The van der Waals surface area contributed by atoms with Crippen molar-refractivity contribution in [2.75, 3.05) is 0 Å². The monoisotopic (exact) mass is 310 g/mol. The number of hydrogen-bond acceptors (Lipinski definition) is 1. The third-order valence-corrected chi connectivity index (χ3v) is 2.96. The predicted octanol–water partition coefficient (Wildman–Crippen LogP) is 5.10. The van der Waals surface area contributed by atoms with Gasteiger partial charge in [-0.3, -0.25) is 0 Å². The van der Waals surface area contributed by atoms with Crippen molar-refractivity contribution in [1.82, 2.24) is 0 Å². The maximum absolute atomic E-state index is 13.5. The van der Waals surface area contributed by atoms with Crippen molar-refractivity contribution in [3.63, 3.8) is 0 Å². The average Bonchev–Trinajstić information content (AvgIpc) is 2.27. The molecular weight excluding hydrogens is 294 g/mol. The lowest BCUT2D eigenvalue weighted by molar-refractivity contribution is 0.161. The summed E-state index contributed by atoms with van der Waals surface area (Å²) in [6.45, 7) is 5.93. The van der Waals surface area contributed by atoms with E-state index in [2.05, 4.69) is 15.9 Å². The molecular formula is C12H17BrClFO. The fraction of sp³-hybridized carbons (Fsp3) is 0.500. The second-order valence-corrected chi connectivity index (χ2v) is 4.32. The van der Waals surface area contributed by atoms with Crippen molar-refractivity contribution in [2.45, 2.75) is 39.7 Å². The third-order valence-electron chi connectivity index (χ3n) is 1.97. The summed E-state index contributed by atoms with van der Waals surface area (Å²) < 4.78 is 14.1. The van der Waals surface area contributed by atoms with Gasteiger partial charge in [0.05, 0.1) is 11.1 Å². The highest BCUT2D eigenvalue weighted by Crippen LogP contribution is 2.32. The molecule has 1 unspecified atom stereocenters. The molecule has 1 atom stereocenters. The minimum atomic E-state index is -0.798. The fourth-order valence-electron chi connectivity index (χ4n) is 1.27. The number of hydrogen-bond donors (Lipinski definition) is 1. The van der Waals surface area contributed by atoms with Crippen molar-refractivity contribution >= 4 is 27.5 Å². The van der Waals surface area contributed by atoms with Gasteiger partial charge in [-0.05, 0) is 18.6 Å². The first-order chi connectivity index (χ1) is 7.57. The summed E-state index contributed by atoms with van der Waals surface area (Å²) in [4.78, 5) is 0. The highest BCUT2D eigenvalue weighted by atomic mass is 79.9. The standard InChI is InChI=1S/C10H11BrClFO.C2H6/c1-2-3-8(14)9-6(11)4-5-7(12)10(9)13;1-2/h4-5,8,14H,2-3H2,1H3;1-2H3. The molecule has 1 aromatic carbocycles. The Balaban J connectivity index is 0.00000106. The highest BCUT2D eigenvalue weighted by molar-refractivity contribution is 9.10. The molecule has 0 bridgehead atoms. The Kier molecular flexibility index (Phi) is 7.98. The second-order valence-electron chi connectivity index (χ2n) is 3.06. The molecule has 4 heteroatoms. The van der Waals surface area contributed by atoms with Crippen molar-refractivity contribution < 1.29 is 9.50 Å². The smallest absolute Gasteiger partial charge is 0.148 e. The van der Waals surface area contributed by atoms with E-state index in [1.807, 2.05) is 20.8 Å². The number of rotatable bonds is 3. The minimum Gasteiger partial charge on any atom is -0.388 e. The first-order valence-electron chi connectivity index (χ1n) is 5.39. The van der Waals surface area contributed by atoms with Crippen LogP contribution in [0.2, 0.25) is 5.02 Å². The molecule has 0 aliphatic heterocycles. The van der Waals surface area contributed by atoms with E-state index in [9.17, 15) is 9.50 Å². The normalized spacial score (nSPS) is 11.7. The molecule has 1 nitrogen and oxygen atoms in total. The SMILES string of the molecule is CC.CCCC(O)c1c(Br)ccc(Cl)c1F. The van der Waals surface area contributed by atoms with Crippen LogP contribution in [0.4, 0.5) is 4.39 Å². The molecule has 0 radical (unpaired) electrons. The van der Waals surface area contributed by atoms with E-state index in [1.165, 1.54) is 6.07 Å². The lowest BCUT2D eigenvalue weighted by Gasteiger charge is -2.13. The zero-order chi connectivity index (χ0) is 12.7. The summed E-state index contributed by atoms with van der Waals surface area (Å²) in [5.41, 5.74) is 0.249. The Morgan fingerprint density at radius 1 is 1.44 bits per heavy atom. The molecule has 1 rings (SSSR count). The van der Waals surface area contributed by atoms with E-state index in [0.717, 1.165) is 6.42 Å². The molecule has 0 amide bonds. The first kappa shape index (κ1) is 15.9. The van der Waals surface area contributed by atoms with Crippen LogP contribution in [0.25, 0.3) is 0 Å². The Morgan fingerprint density at radius 3 is 2.50 bits per heavy atom. The Bertz CT molecular complexity index is 331. The van der Waals surface area contributed by atoms with Crippen molar-refractivity contribution in [2.24, 2.45) is 0 Å². The van der Waals surface area contributed by atoms with Gasteiger partial charge in [-0.2, -0.15) is 0 Å². The summed E-state index contributed by atoms with van der Waals surface area (Å²) >= 11 is 8.82. The van der Waals surface area contributed by atoms with Gasteiger partial charge >= 0.3 is 0 Å².